The number of carbonyl (C=O) groups excluding carboxylic acids is 2. The number of methoxy groups -OCH3 is 1. The zero-order valence-electron chi connectivity index (χ0n) is 17.2. The van der Waals surface area contributed by atoms with Gasteiger partial charge in [-0.2, -0.15) is 0 Å². The van der Waals surface area contributed by atoms with E-state index in [1.807, 2.05) is 36.4 Å². The predicted octanol–water partition coefficient (Wildman–Crippen LogP) is 3.86. The molecule has 0 saturated heterocycles. The highest BCUT2D eigenvalue weighted by atomic mass is 79.9. The third-order valence-electron chi connectivity index (χ3n) is 4.43. The summed E-state index contributed by atoms with van der Waals surface area (Å²) < 4.78 is 17.0. The molecule has 162 valence electrons. The minimum atomic E-state index is -0.818. The fourth-order valence-corrected chi connectivity index (χ4v) is 3.19. The molecule has 0 aliphatic carbocycles. The second-order valence-electron chi connectivity index (χ2n) is 6.69. The van der Waals surface area contributed by atoms with Gasteiger partial charge in [-0.15, -0.1) is 0 Å². The van der Waals surface area contributed by atoms with Crippen LogP contribution < -0.4 is 20.3 Å². The van der Waals surface area contributed by atoms with E-state index in [1.54, 1.807) is 38.3 Å². The molecule has 0 spiro atoms. The van der Waals surface area contributed by atoms with Gasteiger partial charge in [0.2, 0.25) is 0 Å². The van der Waals surface area contributed by atoms with Crippen molar-refractivity contribution in [2.45, 2.75) is 13.0 Å². The summed E-state index contributed by atoms with van der Waals surface area (Å²) >= 11 is 3.34. The second kappa shape index (κ2) is 10.8. The molecule has 2 N–H and O–H groups in total. The Morgan fingerprint density at radius 1 is 0.968 bits per heavy atom. The fourth-order valence-electron chi connectivity index (χ4n) is 2.83. The number of fused-ring (bicyclic) bond motifs is 1. The van der Waals surface area contributed by atoms with Crippen molar-refractivity contribution in [3.63, 3.8) is 0 Å². The van der Waals surface area contributed by atoms with Crippen molar-refractivity contribution in [2.24, 2.45) is 0 Å². The predicted molar refractivity (Wildman–Crippen MR) is 121 cm³/mol. The molecule has 3 rings (SSSR count). The highest BCUT2D eigenvalue weighted by molar-refractivity contribution is 9.10. The van der Waals surface area contributed by atoms with Crippen LogP contribution in [0.2, 0.25) is 0 Å². The molecule has 0 heterocycles. The molecule has 0 aliphatic heterocycles. The Labute approximate surface area is 188 Å². The van der Waals surface area contributed by atoms with E-state index in [-0.39, 0.29) is 5.56 Å². The van der Waals surface area contributed by atoms with Gasteiger partial charge in [-0.1, -0.05) is 46.3 Å². The largest absolute Gasteiger partial charge is 0.490 e. The lowest BCUT2D eigenvalue weighted by Gasteiger charge is -2.16. The van der Waals surface area contributed by atoms with Crippen LogP contribution in [-0.4, -0.2) is 38.2 Å². The zero-order valence-corrected chi connectivity index (χ0v) is 18.8. The molecular weight excluding hydrogens is 464 g/mol. The molecule has 1 unspecified atom stereocenters. The summed E-state index contributed by atoms with van der Waals surface area (Å²) in [6, 6.07) is 18.5. The Bertz CT molecular complexity index is 1070. The van der Waals surface area contributed by atoms with Gasteiger partial charge in [0.1, 0.15) is 18.1 Å². The van der Waals surface area contributed by atoms with Crippen LogP contribution in [0.25, 0.3) is 10.8 Å². The maximum absolute atomic E-state index is 12.6. The molecule has 0 aliphatic rings. The number of carbonyl (C=O) groups is 2. The normalized spacial score (nSPS) is 11.6. The van der Waals surface area contributed by atoms with Gasteiger partial charge in [-0.25, -0.2) is 0 Å². The molecule has 8 heteroatoms. The van der Waals surface area contributed by atoms with Gasteiger partial charge < -0.3 is 14.2 Å². The van der Waals surface area contributed by atoms with Gasteiger partial charge in [-0.3, -0.25) is 20.4 Å². The molecule has 0 saturated carbocycles. The number of benzene rings is 3. The Balaban J connectivity index is 1.59. The van der Waals surface area contributed by atoms with Crippen LogP contribution in [-0.2, 0) is 9.53 Å². The van der Waals surface area contributed by atoms with Crippen LogP contribution in [0.1, 0.15) is 17.3 Å². The Morgan fingerprint density at radius 3 is 2.52 bits per heavy atom. The molecule has 31 heavy (non-hydrogen) atoms. The molecule has 0 bridgehead atoms. The van der Waals surface area contributed by atoms with Crippen LogP contribution in [0, 0.1) is 0 Å². The summed E-state index contributed by atoms with van der Waals surface area (Å²) in [7, 11) is 1.56. The average molecular weight is 487 g/mol. The van der Waals surface area contributed by atoms with E-state index < -0.39 is 17.9 Å². The van der Waals surface area contributed by atoms with E-state index in [1.165, 1.54) is 0 Å². The summed E-state index contributed by atoms with van der Waals surface area (Å²) in [6.45, 7) is 2.29. The van der Waals surface area contributed by atoms with Crippen molar-refractivity contribution < 1.29 is 23.8 Å². The number of hydrogen-bond acceptors (Lipinski definition) is 5. The van der Waals surface area contributed by atoms with Gasteiger partial charge in [0, 0.05) is 11.6 Å². The number of hydrogen-bond donors (Lipinski definition) is 2. The highest BCUT2D eigenvalue weighted by Gasteiger charge is 2.18. The average Bonchev–Trinajstić information content (AvgIpc) is 2.78. The Morgan fingerprint density at radius 2 is 1.74 bits per heavy atom. The zero-order chi connectivity index (χ0) is 22.2. The van der Waals surface area contributed by atoms with Crippen LogP contribution >= 0.6 is 15.9 Å². The quantitative estimate of drug-likeness (QED) is 0.373. The van der Waals surface area contributed by atoms with Crippen LogP contribution in [0.15, 0.2) is 65.1 Å². The maximum Gasteiger partial charge on any atom is 0.279 e. The molecule has 1 atom stereocenters. The van der Waals surface area contributed by atoms with Crippen LogP contribution in [0.4, 0.5) is 0 Å². The molecule has 2 amide bonds. The van der Waals surface area contributed by atoms with Gasteiger partial charge >= 0.3 is 0 Å². The second-order valence-corrected chi connectivity index (χ2v) is 7.61. The molecule has 0 radical (unpaired) electrons. The lowest BCUT2D eigenvalue weighted by molar-refractivity contribution is -0.128. The van der Waals surface area contributed by atoms with E-state index in [4.69, 9.17) is 14.2 Å². The Kier molecular flexibility index (Phi) is 7.86. The first kappa shape index (κ1) is 22.6. The first-order valence-electron chi connectivity index (χ1n) is 9.65. The SMILES string of the molecule is COCCOc1ccc(Br)cc1C(=O)NNC(=O)C(C)Oc1ccc2ccccc2c1. The van der Waals surface area contributed by atoms with Crippen molar-refractivity contribution in [1.82, 2.24) is 10.9 Å². The topological polar surface area (TPSA) is 85.9 Å². The minimum absolute atomic E-state index is 0.272. The molecule has 7 nitrogen and oxygen atoms in total. The highest BCUT2D eigenvalue weighted by Crippen LogP contribution is 2.23. The fraction of sp³-hybridized carbons (Fsp3) is 0.217. The number of nitrogens with one attached hydrogen (secondary N) is 2. The van der Waals surface area contributed by atoms with E-state index >= 15 is 0 Å². The standard InChI is InChI=1S/C23H23BrN2O5/c1-15(31-19-9-7-16-5-3-4-6-17(16)13-19)22(27)25-26-23(28)20-14-18(24)8-10-21(20)30-12-11-29-2/h3-10,13-15H,11-12H2,1-2H3,(H,25,27)(H,26,28). The van der Waals surface area contributed by atoms with Crippen LogP contribution in [0.5, 0.6) is 11.5 Å². The van der Waals surface area contributed by atoms with Gasteiger partial charge in [0.05, 0.1) is 12.2 Å². The number of rotatable bonds is 8. The van der Waals surface area contributed by atoms with Crippen molar-refractivity contribution in [2.75, 3.05) is 20.3 Å². The van der Waals surface area contributed by atoms with E-state index in [0.29, 0.717) is 29.2 Å². The smallest absolute Gasteiger partial charge is 0.279 e. The van der Waals surface area contributed by atoms with Crippen molar-refractivity contribution in [3.05, 3.63) is 70.7 Å². The molecule has 0 fully saturated rings. The number of ether oxygens (including phenoxy) is 3. The lowest BCUT2D eigenvalue weighted by Crippen LogP contribution is -2.47. The van der Waals surface area contributed by atoms with Gasteiger partial charge in [0.15, 0.2) is 6.10 Å². The summed E-state index contributed by atoms with van der Waals surface area (Å²) in [5, 5.41) is 2.09. The molecular formula is C23H23BrN2O5. The maximum atomic E-state index is 12.6. The van der Waals surface area contributed by atoms with Gasteiger partial charge in [0.25, 0.3) is 11.8 Å². The van der Waals surface area contributed by atoms with E-state index in [0.717, 1.165) is 10.8 Å². The number of halogens is 1. The lowest BCUT2D eigenvalue weighted by atomic mass is 10.1. The molecule has 3 aromatic carbocycles. The Hall–Kier alpha value is -3.10. The summed E-state index contributed by atoms with van der Waals surface area (Å²) in [4.78, 5) is 25.0. The van der Waals surface area contributed by atoms with Crippen molar-refractivity contribution >= 4 is 38.5 Å². The summed E-state index contributed by atoms with van der Waals surface area (Å²) in [5.74, 6) is -0.0562. The summed E-state index contributed by atoms with van der Waals surface area (Å²) in [6.07, 6.45) is -0.818. The first-order valence-corrected chi connectivity index (χ1v) is 10.4. The van der Waals surface area contributed by atoms with Crippen molar-refractivity contribution in [1.29, 1.82) is 0 Å². The van der Waals surface area contributed by atoms with Crippen LogP contribution in [0.3, 0.4) is 0 Å². The third-order valence-corrected chi connectivity index (χ3v) is 4.93. The molecule has 0 aromatic heterocycles. The first-order chi connectivity index (χ1) is 15.0. The summed E-state index contributed by atoms with van der Waals surface area (Å²) in [5.41, 5.74) is 5.07. The van der Waals surface area contributed by atoms with E-state index in [2.05, 4.69) is 26.8 Å². The van der Waals surface area contributed by atoms with Gasteiger partial charge in [-0.05, 0) is 48.0 Å². The van der Waals surface area contributed by atoms with Crippen molar-refractivity contribution in [3.8, 4) is 11.5 Å². The number of hydrazine groups is 1. The molecule has 3 aromatic rings. The third kappa shape index (κ3) is 6.19. The van der Waals surface area contributed by atoms with E-state index in [9.17, 15) is 9.59 Å². The number of amides is 2. The minimum Gasteiger partial charge on any atom is -0.490 e. The monoisotopic (exact) mass is 486 g/mol.